The van der Waals surface area contributed by atoms with Crippen LogP contribution in [-0.2, 0) is 0 Å². The van der Waals surface area contributed by atoms with Crippen LogP contribution in [0.3, 0.4) is 0 Å². The fraction of sp³-hybridized carbons (Fsp3) is 0.529. The van der Waals surface area contributed by atoms with Crippen LogP contribution in [0, 0.1) is 0 Å². The Bertz CT molecular complexity index is 1320. The second-order valence-electron chi connectivity index (χ2n) is 13.7. The summed E-state index contributed by atoms with van der Waals surface area (Å²) in [5.74, 6) is 0.564. The average molecular weight is 620 g/mol. The molecule has 0 spiro atoms. The van der Waals surface area contributed by atoms with E-state index in [0.29, 0.717) is 22.6 Å². The number of nitrogens with two attached hydrogens (primary N) is 3. The van der Waals surface area contributed by atoms with Gasteiger partial charge >= 0.3 is 0 Å². The van der Waals surface area contributed by atoms with Gasteiger partial charge in [-0.3, -0.25) is 19.4 Å². The fourth-order valence-corrected chi connectivity index (χ4v) is 5.44. The number of amides is 2. The molecule has 2 aromatic rings. The maximum atomic E-state index is 12.5. The topological polar surface area (TPSA) is 159 Å². The first-order valence-corrected chi connectivity index (χ1v) is 15.7. The Morgan fingerprint density at radius 1 is 0.689 bits per heavy atom. The van der Waals surface area contributed by atoms with E-state index in [1.165, 1.54) is 0 Å². The number of aliphatic imine (C=N–C) groups is 2. The summed E-state index contributed by atoms with van der Waals surface area (Å²) in [6.07, 6.45) is 2.00. The standard InChI is InChI=1S/C18H28N4O.C16H25N5O/c1-13(19)20-15-7-5-14(6-8-15)17(23)21-16-9-11-22(12-10-16)18(2,3)4;1-16(2,3)21-10-8-20(9-11-21)14(22)12-4-6-13(7-5-12)19-15(17)18/h5-8,16H,9-12H2,1-4H3,(H2,19,20)(H,21,23);4-7H,8-11H2,1-3H3,(H4,17,18,19). The molecule has 0 radical (unpaired) electrons. The predicted molar refractivity (Wildman–Crippen MR) is 184 cm³/mol. The quantitative estimate of drug-likeness (QED) is 0.292. The third-order valence-electron chi connectivity index (χ3n) is 8.10. The lowest BCUT2D eigenvalue weighted by molar-refractivity contribution is 0.0451. The third kappa shape index (κ3) is 11.2. The van der Waals surface area contributed by atoms with Gasteiger partial charge in [-0.2, -0.15) is 0 Å². The lowest BCUT2D eigenvalue weighted by atomic mass is 9.98. The van der Waals surface area contributed by atoms with E-state index >= 15 is 0 Å². The fourth-order valence-electron chi connectivity index (χ4n) is 5.44. The highest BCUT2D eigenvalue weighted by Gasteiger charge is 2.29. The molecule has 4 rings (SSSR count). The molecule has 0 atom stereocenters. The molecule has 2 amide bonds. The monoisotopic (exact) mass is 619 g/mol. The first-order valence-electron chi connectivity index (χ1n) is 15.7. The van der Waals surface area contributed by atoms with Crippen molar-refractivity contribution < 1.29 is 9.59 Å². The highest BCUT2D eigenvalue weighted by molar-refractivity contribution is 5.95. The molecule has 2 saturated heterocycles. The first kappa shape index (κ1) is 35.5. The number of piperidine rings is 1. The number of carbonyl (C=O) groups is 2. The molecule has 0 aliphatic carbocycles. The summed E-state index contributed by atoms with van der Waals surface area (Å²) in [7, 11) is 0. The van der Waals surface area contributed by atoms with Crippen LogP contribution in [0.15, 0.2) is 58.5 Å². The van der Waals surface area contributed by atoms with Crippen LogP contribution < -0.4 is 22.5 Å². The molecule has 0 unspecified atom stereocenters. The Kier molecular flexibility index (Phi) is 12.1. The molecule has 2 aromatic carbocycles. The second-order valence-corrected chi connectivity index (χ2v) is 13.7. The van der Waals surface area contributed by atoms with Crippen molar-refractivity contribution in [2.45, 2.75) is 78.4 Å². The van der Waals surface area contributed by atoms with E-state index in [1.807, 2.05) is 17.0 Å². The summed E-state index contributed by atoms with van der Waals surface area (Å²) in [5.41, 5.74) is 19.3. The number of nitrogens with zero attached hydrogens (tertiary/aromatic N) is 5. The van der Waals surface area contributed by atoms with Crippen LogP contribution in [-0.4, -0.2) is 94.7 Å². The smallest absolute Gasteiger partial charge is 0.253 e. The minimum absolute atomic E-state index is 0.0115. The number of hydrogen-bond acceptors (Lipinski definition) is 6. The number of guanidine groups is 1. The molecular formula is C34H53N9O2. The van der Waals surface area contributed by atoms with Gasteiger partial charge < -0.3 is 27.4 Å². The van der Waals surface area contributed by atoms with Gasteiger partial charge in [-0.25, -0.2) is 9.98 Å². The zero-order valence-electron chi connectivity index (χ0n) is 28.1. The van der Waals surface area contributed by atoms with Crippen molar-refractivity contribution in [2.75, 3.05) is 39.3 Å². The van der Waals surface area contributed by atoms with Gasteiger partial charge in [0, 0.05) is 67.5 Å². The second kappa shape index (κ2) is 15.4. The zero-order valence-corrected chi connectivity index (χ0v) is 28.1. The molecule has 2 aliphatic heterocycles. The Morgan fingerprint density at radius 2 is 1.13 bits per heavy atom. The summed E-state index contributed by atoms with van der Waals surface area (Å²) in [6, 6.07) is 14.5. The van der Waals surface area contributed by atoms with E-state index in [1.54, 1.807) is 43.3 Å². The maximum Gasteiger partial charge on any atom is 0.253 e. The largest absolute Gasteiger partial charge is 0.387 e. The Hall–Kier alpha value is -3.96. The van der Waals surface area contributed by atoms with E-state index in [4.69, 9.17) is 17.2 Å². The summed E-state index contributed by atoms with van der Waals surface area (Å²) in [6.45, 7) is 20.4. The molecule has 246 valence electrons. The highest BCUT2D eigenvalue weighted by atomic mass is 16.2. The number of piperazine rings is 1. The molecule has 2 fully saturated rings. The highest BCUT2D eigenvalue weighted by Crippen LogP contribution is 2.21. The van der Waals surface area contributed by atoms with Gasteiger partial charge in [-0.05, 0) is 110 Å². The van der Waals surface area contributed by atoms with Crippen molar-refractivity contribution in [3.05, 3.63) is 59.7 Å². The van der Waals surface area contributed by atoms with E-state index in [2.05, 4.69) is 66.6 Å². The van der Waals surface area contributed by atoms with Gasteiger partial charge in [-0.1, -0.05) is 0 Å². The minimum atomic E-state index is -0.0146. The molecule has 7 N–H and O–H groups in total. The Balaban J connectivity index is 0.000000246. The predicted octanol–water partition coefficient (Wildman–Crippen LogP) is 3.84. The van der Waals surface area contributed by atoms with Crippen molar-refractivity contribution in [3.63, 3.8) is 0 Å². The minimum Gasteiger partial charge on any atom is -0.387 e. The van der Waals surface area contributed by atoms with Crippen molar-refractivity contribution >= 4 is 35.0 Å². The number of carbonyl (C=O) groups excluding carboxylic acids is 2. The van der Waals surface area contributed by atoms with Crippen LogP contribution in [0.5, 0.6) is 0 Å². The first-order chi connectivity index (χ1) is 21.0. The van der Waals surface area contributed by atoms with E-state index in [0.717, 1.165) is 57.8 Å². The molecule has 0 bridgehead atoms. The van der Waals surface area contributed by atoms with Crippen LogP contribution in [0.25, 0.3) is 0 Å². The Labute approximate surface area is 268 Å². The lowest BCUT2D eigenvalue weighted by Crippen LogP contribution is -2.54. The maximum absolute atomic E-state index is 12.5. The summed E-state index contributed by atoms with van der Waals surface area (Å²) >= 11 is 0. The number of amidine groups is 1. The molecule has 2 aliphatic rings. The lowest BCUT2D eigenvalue weighted by Gasteiger charge is -2.42. The molecule has 2 heterocycles. The molecule has 0 saturated carbocycles. The van der Waals surface area contributed by atoms with E-state index in [-0.39, 0.29) is 34.9 Å². The summed E-state index contributed by atoms with van der Waals surface area (Å²) in [4.78, 5) is 39.7. The SMILES string of the molecule is CC(C)(C)N1CCN(C(=O)c2ccc(N=C(N)N)cc2)CC1.CC(N)=Nc1ccc(C(=O)NC2CCN(C(C)(C)C)CC2)cc1. The van der Waals surface area contributed by atoms with Gasteiger partial charge in [0.05, 0.1) is 17.2 Å². The molecule has 45 heavy (non-hydrogen) atoms. The number of likely N-dealkylation sites (tertiary alicyclic amines) is 1. The van der Waals surface area contributed by atoms with Gasteiger partial charge in [0.15, 0.2) is 5.96 Å². The van der Waals surface area contributed by atoms with Crippen LogP contribution in [0.1, 0.15) is 82.0 Å². The number of benzene rings is 2. The number of nitrogens with one attached hydrogen (secondary N) is 1. The molecule has 11 nitrogen and oxygen atoms in total. The van der Waals surface area contributed by atoms with Crippen molar-refractivity contribution in [1.82, 2.24) is 20.0 Å². The molecule has 0 aromatic heterocycles. The summed E-state index contributed by atoms with van der Waals surface area (Å²) in [5, 5.41) is 3.14. The van der Waals surface area contributed by atoms with E-state index < -0.39 is 0 Å². The van der Waals surface area contributed by atoms with Crippen molar-refractivity contribution in [1.29, 1.82) is 0 Å². The van der Waals surface area contributed by atoms with Crippen LogP contribution in [0.2, 0.25) is 0 Å². The van der Waals surface area contributed by atoms with Gasteiger partial charge in [0.25, 0.3) is 11.8 Å². The van der Waals surface area contributed by atoms with E-state index in [9.17, 15) is 9.59 Å². The number of hydrogen-bond donors (Lipinski definition) is 4. The average Bonchev–Trinajstić information content (AvgIpc) is 2.97. The molecule has 11 heteroatoms. The van der Waals surface area contributed by atoms with Crippen molar-refractivity contribution in [3.8, 4) is 0 Å². The van der Waals surface area contributed by atoms with Gasteiger partial charge in [0.1, 0.15) is 0 Å². The normalized spacial score (nSPS) is 17.2. The van der Waals surface area contributed by atoms with Crippen LogP contribution in [0.4, 0.5) is 11.4 Å². The number of rotatable bonds is 5. The summed E-state index contributed by atoms with van der Waals surface area (Å²) < 4.78 is 0. The zero-order chi connectivity index (χ0) is 33.4. The Morgan fingerprint density at radius 3 is 1.58 bits per heavy atom. The van der Waals surface area contributed by atoms with Gasteiger partial charge in [-0.15, -0.1) is 0 Å². The van der Waals surface area contributed by atoms with Crippen LogP contribution >= 0.6 is 0 Å². The third-order valence-corrected chi connectivity index (χ3v) is 8.10. The molecular weight excluding hydrogens is 566 g/mol. The van der Waals surface area contributed by atoms with Gasteiger partial charge in [0.2, 0.25) is 0 Å². The van der Waals surface area contributed by atoms with Crippen molar-refractivity contribution in [2.24, 2.45) is 27.2 Å².